The van der Waals surface area contributed by atoms with E-state index in [-0.39, 0.29) is 6.61 Å². The molecular formula is C15H20N2O. The summed E-state index contributed by atoms with van der Waals surface area (Å²) >= 11 is 0. The molecule has 0 aliphatic carbocycles. The third-order valence-electron chi connectivity index (χ3n) is 3.69. The Balaban J connectivity index is 2.17. The van der Waals surface area contributed by atoms with Gasteiger partial charge in [0.1, 0.15) is 6.07 Å². The van der Waals surface area contributed by atoms with E-state index < -0.39 is 0 Å². The van der Waals surface area contributed by atoms with Crippen LogP contribution in [0.5, 0.6) is 0 Å². The summed E-state index contributed by atoms with van der Waals surface area (Å²) in [5.74, 6) is 0.763. The van der Waals surface area contributed by atoms with Crippen LogP contribution in [0.3, 0.4) is 0 Å². The highest BCUT2D eigenvalue weighted by Crippen LogP contribution is 2.29. The lowest BCUT2D eigenvalue weighted by Crippen LogP contribution is -2.20. The Morgan fingerprint density at radius 3 is 3.00 bits per heavy atom. The average molecular weight is 244 g/mol. The van der Waals surface area contributed by atoms with E-state index in [2.05, 4.69) is 17.9 Å². The molecule has 0 saturated carbocycles. The maximum absolute atomic E-state index is 9.21. The molecule has 1 aromatic carbocycles. The maximum atomic E-state index is 9.21. The fourth-order valence-electron chi connectivity index (χ4n) is 2.74. The van der Waals surface area contributed by atoms with Gasteiger partial charge in [0.05, 0.1) is 17.9 Å². The summed E-state index contributed by atoms with van der Waals surface area (Å²) in [6.07, 6.45) is 3.72. The van der Waals surface area contributed by atoms with Crippen LogP contribution in [-0.4, -0.2) is 18.2 Å². The summed E-state index contributed by atoms with van der Waals surface area (Å²) < 4.78 is 0. The molecule has 1 atom stereocenters. The first kappa shape index (κ1) is 12.9. The van der Waals surface area contributed by atoms with Crippen LogP contribution in [-0.2, 0) is 6.61 Å². The van der Waals surface area contributed by atoms with Crippen LogP contribution >= 0.6 is 0 Å². The molecule has 1 heterocycles. The molecule has 0 radical (unpaired) electrons. The second-order valence-corrected chi connectivity index (χ2v) is 5.01. The van der Waals surface area contributed by atoms with Gasteiger partial charge in [-0.15, -0.1) is 0 Å². The van der Waals surface area contributed by atoms with Crippen molar-refractivity contribution in [2.45, 2.75) is 32.8 Å². The highest BCUT2D eigenvalue weighted by molar-refractivity contribution is 5.61. The Bertz CT molecular complexity index is 450. The first-order valence-electron chi connectivity index (χ1n) is 6.67. The van der Waals surface area contributed by atoms with Gasteiger partial charge in [-0.2, -0.15) is 5.26 Å². The van der Waals surface area contributed by atoms with Gasteiger partial charge in [-0.05, 0) is 36.5 Å². The number of benzene rings is 1. The molecule has 1 saturated heterocycles. The summed E-state index contributed by atoms with van der Waals surface area (Å²) in [5.41, 5.74) is 2.51. The quantitative estimate of drug-likeness (QED) is 0.885. The third-order valence-corrected chi connectivity index (χ3v) is 3.69. The van der Waals surface area contributed by atoms with Crippen molar-refractivity contribution in [3.8, 4) is 6.07 Å². The summed E-state index contributed by atoms with van der Waals surface area (Å²) in [4.78, 5) is 2.31. The van der Waals surface area contributed by atoms with Gasteiger partial charge in [-0.3, -0.25) is 0 Å². The smallest absolute Gasteiger partial charge is 0.101 e. The van der Waals surface area contributed by atoms with Gasteiger partial charge in [0, 0.05) is 13.1 Å². The van der Waals surface area contributed by atoms with E-state index >= 15 is 0 Å². The van der Waals surface area contributed by atoms with Gasteiger partial charge in [0.15, 0.2) is 0 Å². The van der Waals surface area contributed by atoms with E-state index in [0.29, 0.717) is 5.56 Å². The van der Waals surface area contributed by atoms with E-state index in [9.17, 15) is 5.26 Å². The van der Waals surface area contributed by atoms with Crippen molar-refractivity contribution >= 4 is 5.69 Å². The van der Waals surface area contributed by atoms with Crippen molar-refractivity contribution < 1.29 is 5.11 Å². The Kier molecular flexibility index (Phi) is 4.22. The molecule has 1 aliphatic heterocycles. The normalized spacial score (nSPS) is 18.9. The predicted octanol–water partition coefficient (Wildman–Crippen LogP) is 2.68. The van der Waals surface area contributed by atoms with Crippen molar-refractivity contribution in [2.24, 2.45) is 5.92 Å². The van der Waals surface area contributed by atoms with E-state index in [1.165, 1.54) is 19.3 Å². The minimum absolute atomic E-state index is 0.00653. The lowest BCUT2D eigenvalue weighted by atomic mass is 10.0. The Morgan fingerprint density at radius 1 is 1.50 bits per heavy atom. The molecule has 1 N–H and O–H groups in total. The second kappa shape index (κ2) is 5.88. The molecule has 1 aliphatic rings. The van der Waals surface area contributed by atoms with Crippen molar-refractivity contribution in [1.29, 1.82) is 5.26 Å². The number of nitrogens with zero attached hydrogens (tertiary/aromatic N) is 2. The van der Waals surface area contributed by atoms with Crippen molar-refractivity contribution in [3.05, 3.63) is 29.3 Å². The van der Waals surface area contributed by atoms with Gasteiger partial charge < -0.3 is 10.0 Å². The van der Waals surface area contributed by atoms with Crippen LogP contribution < -0.4 is 4.90 Å². The molecular weight excluding hydrogens is 224 g/mol. The molecule has 3 heteroatoms. The van der Waals surface area contributed by atoms with E-state index in [1.54, 1.807) is 6.07 Å². The molecule has 0 bridgehead atoms. The lowest BCUT2D eigenvalue weighted by Gasteiger charge is -2.20. The van der Waals surface area contributed by atoms with Gasteiger partial charge in [0.2, 0.25) is 0 Å². The molecule has 18 heavy (non-hydrogen) atoms. The zero-order valence-electron chi connectivity index (χ0n) is 10.9. The number of hydrogen-bond acceptors (Lipinski definition) is 3. The molecule has 1 unspecified atom stereocenters. The zero-order chi connectivity index (χ0) is 13.0. The topological polar surface area (TPSA) is 47.3 Å². The fraction of sp³-hybridized carbons (Fsp3) is 0.533. The molecule has 0 aromatic heterocycles. The van der Waals surface area contributed by atoms with Gasteiger partial charge in [-0.1, -0.05) is 19.4 Å². The van der Waals surface area contributed by atoms with E-state index in [0.717, 1.165) is 30.3 Å². The van der Waals surface area contributed by atoms with Crippen molar-refractivity contribution in [3.63, 3.8) is 0 Å². The van der Waals surface area contributed by atoms with E-state index in [4.69, 9.17) is 5.11 Å². The van der Waals surface area contributed by atoms with Crippen molar-refractivity contribution in [2.75, 3.05) is 18.0 Å². The monoisotopic (exact) mass is 244 g/mol. The lowest BCUT2D eigenvalue weighted by molar-refractivity contribution is 0.282. The number of rotatable bonds is 4. The highest BCUT2D eigenvalue weighted by atomic mass is 16.3. The predicted molar refractivity (Wildman–Crippen MR) is 72.3 cm³/mol. The summed E-state index contributed by atoms with van der Waals surface area (Å²) in [6, 6.07) is 7.91. The molecule has 1 aromatic rings. The molecule has 3 nitrogen and oxygen atoms in total. The fourth-order valence-corrected chi connectivity index (χ4v) is 2.74. The number of anilines is 1. The van der Waals surface area contributed by atoms with Gasteiger partial charge >= 0.3 is 0 Å². The van der Waals surface area contributed by atoms with Crippen LogP contribution in [0.2, 0.25) is 0 Å². The molecule has 0 amide bonds. The van der Waals surface area contributed by atoms with Crippen molar-refractivity contribution in [1.82, 2.24) is 0 Å². The van der Waals surface area contributed by atoms with Gasteiger partial charge in [-0.25, -0.2) is 0 Å². The van der Waals surface area contributed by atoms with Crippen LogP contribution in [0.4, 0.5) is 5.69 Å². The summed E-state index contributed by atoms with van der Waals surface area (Å²) in [5, 5.41) is 18.3. The second-order valence-electron chi connectivity index (χ2n) is 5.01. The highest BCUT2D eigenvalue weighted by Gasteiger charge is 2.23. The molecule has 96 valence electrons. The number of nitriles is 1. The number of aliphatic hydroxyl groups excluding tert-OH is 1. The van der Waals surface area contributed by atoms with Crippen LogP contribution in [0, 0.1) is 17.2 Å². The molecule has 0 spiro atoms. The number of hydrogen-bond donors (Lipinski definition) is 1. The Morgan fingerprint density at radius 2 is 2.33 bits per heavy atom. The first-order chi connectivity index (χ1) is 8.78. The van der Waals surface area contributed by atoms with Crippen LogP contribution in [0.15, 0.2) is 18.2 Å². The third kappa shape index (κ3) is 2.65. The first-order valence-corrected chi connectivity index (χ1v) is 6.67. The molecule has 1 fully saturated rings. The van der Waals surface area contributed by atoms with Crippen LogP contribution in [0.25, 0.3) is 0 Å². The molecule has 2 rings (SSSR count). The minimum atomic E-state index is -0.00653. The average Bonchev–Trinajstić information content (AvgIpc) is 2.87. The summed E-state index contributed by atoms with van der Waals surface area (Å²) in [6.45, 7) is 4.31. The minimum Gasteiger partial charge on any atom is -0.392 e. The Labute approximate surface area is 109 Å². The Hall–Kier alpha value is -1.53. The summed E-state index contributed by atoms with van der Waals surface area (Å²) in [7, 11) is 0. The standard InChI is InChI=1S/C15H20N2O/c1-2-3-12-6-7-17(10-12)15-5-4-13(11-18)8-14(15)9-16/h4-5,8,12,18H,2-3,6-7,10-11H2,1H3. The zero-order valence-corrected chi connectivity index (χ0v) is 10.9. The van der Waals surface area contributed by atoms with Gasteiger partial charge in [0.25, 0.3) is 0 Å². The SMILES string of the molecule is CCCC1CCN(c2ccc(CO)cc2C#N)C1. The number of aliphatic hydroxyl groups is 1. The largest absolute Gasteiger partial charge is 0.392 e. The van der Waals surface area contributed by atoms with E-state index in [1.807, 2.05) is 12.1 Å². The maximum Gasteiger partial charge on any atom is 0.101 e. The van der Waals surface area contributed by atoms with Crippen LogP contribution in [0.1, 0.15) is 37.3 Å².